The van der Waals surface area contributed by atoms with Gasteiger partial charge in [0, 0.05) is 4.83 Å². The summed E-state index contributed by atoms with van der Waals surface area (Å²) in [5.41, 5.74) is -0.730. The second-order valence-corrected chi connectivity index (χ2v) is 4.94. The number of halogens is 1. The Hall–Kier alpha value is -0.290. The van der Waals surface area contributed by atoms with Crippen LogP contribution in [0.1, 0.15) is 26.7 Å². The van der Waals surface area contributed by atoms with E-state index >= 15 is 0 Å². The van der Waals surface area contributed by atoms with Gasteiger partial charge >= 0.3 is 6.09 Å². The molecule has 0 unspecified atom stereocenters. The zero-order chi connectivity index (χ0) is 10.5. The van der Waals surface area contributed by atoms with Gasteiger partial charge in [-0.25, -0.2) is 4.79 Å². The van der Waals surface area contributed by atoms with Crippen LogP contribution in [0.15, 0.2) is 0 Å². The van der Waals surface area contributed by atoms with Crippen LogP contribution >= 0.6 is 15.9 Å². The molecule has 1 aliphatic rings. The summed E-state index contributed by atoms with van der Waals surface area (Å²) in [7, 11) is 0. The summed E-state index contributed by atoms with van der Waals surface area (Å²) < 4.78 is 0. The highest BCUT2D eigenvalue weighted by atomic mass is 79.9. The maximum absolute atomic E-state index is 9.95. The predicted molar refractivity (Wildman–Crippen MR) is 54.3 cm³/mol. The molecule has 0 bridgehead atoms. The Morgan fingerprint density at radius 2 is 2.00 bits per heavy atom. The number of nitrogens with one attached hydrogen (secondary N) is 1. The number of hydrogen-bond donors (Lipinski definition) is 3. The fourth-order valence-electron chi connectivity index (χ4n) is 0.392. The molecule has 13 heavy (non-hydrogen) atoms. The molecule has 0 aromatic heterocycles. The molecule has 0 atom stereocenters. The number of aliphatic hydroxyl groups excluding tert-OH is 1. The van der Waals surface area contributed by atoms with Crippen LogP contribution in [0, 0.1) is 0 Å². The number of amides is 1. The molecule has 0 aliphatic heterocycles. The molecule has 1 aliphatic carbocycles. The molecule has 1 rings (SSSR count). The van der Waals surface area contributed by atoms with E-state index in [1.54, 1.807) is 13.8 Å². The van der Waals surface area contributed by atoms with E-state index in [0.29, 0.717) is 0 Å². The first-order valence-electron chi connectivity index (χ1n) is 4.13. The molecule has 1 fully saturated rings. The van der Waals surface area contributed by atoms with Crippen molar-refractivity contribution < 1.29 is 15.0 Å². The molecule has 3 N–H and O–H groups in total. The summed E-state index contributed by atoms with van der Waals surface area (Å²) in [6, 6.07) is 0. The van der Waals surface area contributed by atoms with Crippen LogP contribution in [-0.2, 0) is 0 Å². The minimum Gasteiger partial charge on any atom is -0.465 e. The molecular weight excluding hydrogens is 238 g/mol. The second kappa shape index (κ2) is 5.44. The molecule has 5 heteroatoms. The van der Waals surface area contributed by atoms with Crippen molar-refractivity contribution >= 4 is 22.0 Å². The lowest BCUT2D eigenvalue weighted by Gasteiger charge is -2.20. The molecule has 1 saturated carbocycles. The van der Waals surface area contributed by atoms with Crippen molar-refractivity contribution in [3.05, 3.63) is 0 Å². The van der Waals surface area contributed by atoms with E-state index in [1.165, 1.54) is 12.8 Å². The average molecular weight is 254 g/mol. The van der Waals surface area contributed by atoms with Crippen LogP contribution in [0.4, 0.5) is 4.79 Å². The van der Waals surface area contributed by atoms with Crippen LogP contribution < -0.4 is 5.32 Å². The molecule has 1 amide bonds. The highest BCUT2D eigenvalue weighted by molar-refractivity contribution is 9.09. The van der Waals surface area contributed by atoms with Gasteiger partial charge in [-0.2, -0.15) is 0 Å². The first-order valence-corrected chi connectivity index (χ1v) is 5.05. The number of carbonyl (C=O) groups is 1. The molecular formula is C8H16BrNO3. The van der Waals surface area contributed by atoms with Gasteiger partial charge in [-0.05, 0) is 26.7 Å². The molecule has 0 heterocycles. The zero-order valence-electron chi connectivity index (χ0n) is 7.88. The number of carboxylic acid groups (broad SMARTS) is 1. The fourth-order valence-corrected chi connectivity index (χ4v) is 0.656. The van der Waals surface area contributed by atoms with Gasteiger partial charge in [0.2, 0.25) is 0 Å². The van der Waals surface area contributed by atoms with Crippen molar-refractivity contribution in [3.63, 3.8) is 0 Å². The van der Waals surface area contributed by atoms with Crippen LogP contribution in [-0.4, -0.2) is 33.3 Å². The first kappa shape index (κ1) is 12.7. The Balaban J connectivity index is 0.000000293. The maximum Gasteiger partial charge on any atom is 0.405 e. The van der Waals surface area contributed by atoms with Gasteiger partial charge in [-0.1, -0.05) is 15.9 Å². The summed E-state index contributed by atoms with van der Waals surface area (Å²) in [6.07, 6.45) is 1.69. The SMILES string of the molecule is BrC1CC1.CC(C)(CO)NC(=O)O. The van der Waals surface area contributed by atoms with E-state index in [4.69, 9.17) is 10.2 Å². The lowest BCUT2D eigenvalue weighted by molar-refractivity contribution is 0.154. The largest absolute Gasteiger partial charge is 0.465 e. The van der Waals surface area contributed by atoms with Crippen LogP contribution in [0.2, 0.25) is 0 Å². The minimum absolute atomic E-state index is 0.195. The molecule has 0 saturated heterocycles. The highest BCUT2D eigenvalue weighted by Crippen LogP contribution is 2.27. The molecule has 0 aromatic rings. The lowest BCUT2D eigenvalue weighted by atomic mass is 10.1. The van der Waals surface area contributed by atoms with E-state index in [-0.39, 0.29) is 6.61 Å². The normalized spacial score (nSPS) is 15.7. The topological polar surface area (TPSA) is 69.6 Å². The summed E-state index contributed by atoms with van der Waals surface area (Å²) in [6.45, 7) is 3.00. The van der Waals surface area contributed by atoms with Crippen molar-refractivity contribution in [2.24, 2.45) is 0 Å². The number of alkyl halides is 1. The van der Waals surface area contributed by atoms with Gasteiger partial charge in [-0.3, -0.25) is 0 Å². The Bertz CT molecular complexity index is 169. The fraction of sp³-hybridized carbons (Fsp3) is 0.875. The van der Waals surface area contributed by atoms with Crippen molar-refractivity contribution in [2.75, 3.05) is 6.61 Å². The molecule has 78 valence electrons. The minimum atomic E-state index is -1.12. The quantitative estimate of drug-likeness (QED) is 0.655. The third-order valence-corrected chi connectivity index (χ3v) is 2.26. The Labute approximate surface area is 86.5 Å². The average Bonchev–Trinajstić information content (AvgIpc) is 2.70. The summed E-state index contributed by atoms with van der Waals surface area (Å²) in [5.74, 6) is 0. The summed E-state index contributed by atoms with van der Waals surface area (Å²) in [5, 5.41) is 18.8. The molecule has 4 nitrogen and oxygen atoms in total. The molecule has 0 spiro atoms. The standard InChI is InChI=1S/C5H11NO3.C3H5Br/c1-5(2,3-7)6-4(8)9;4-3-1-2-3/h6-7H,3H2,1-2H3,(H,8,9);3H,1-2H2. The van der Waals surface area contributed by atoms with Gasteiger partial charge in [0.15, 0.2) is 0 Å². The van der Waals surface area contributed by atoms with E-state index in [2.05, 4.69) is 21.2 Å². The van der Waals surface area contributed by atoms with Crippen LogP contribution in [0.3, 0.4) is 0 Å². The van der Waals surface area contributed by atoms with Crippen LogP contribution in [0.25, 0.3) is 0 Å². The maximum atomic E-state index is 9.95. The lowest BCUT2D eigenvalue weighted by Crippen LogP contribution is -2.45. The van der Waals surface area contributed by atoms with Crippen LogP contribution in [0.5, 0.6) is 0 Å². The van der Waals surface area contributed by atoms with E-state index in [1.807, 2.05) is 0 Å². The van der Waals surface area contributed by atoms with Crippen molar-refractivity contribution in [3.8, 4) is 0 Å². The Morgan fingerprint density at radius 3 is 2.08 bits per heavy atom. The Morgan fingerprint density at radius 1 is 1.62 bits per heavy atom. The van der Waals surface area contributed by atoms with Crippen molar-refractivity contribution in [1.82, 2.24) is 5.32 Å². The smallest absolute Gasteiger partial charge is 0.405 e. The number of rotatable bonds is 2. The summed E-state index contributed by atoms with van der Waals surface area (Å²) in [4.78, 5) is 10.8. The third kappa shape index (κ3) is 9.63. The monoisotopic (exact) mass is 253 g/mol. The number of hydrogen-bond acceptors (Lipinski definition) is 2. The zero-order valence-corrected chi connectivity index (χ0v) is 9.47. The summed E-state index contributed by atoms with van der Waals surface area (Å²) >= 11 is 3.38. The van der Waals surface area contributed by atoms with Gasteiger partial charge in [0.05, 0.1) is 12.1 Å². The van der Waals surface area contributed by atoms with E-state index < -0.39 is 11.6 Å². The van der Waals surface area contributed by atoms with Gasteiger partial charge in [-0.15, -0.1) is 0 Å². The van der Waals surface area contributed by atoms with Crippen molar-refractivity contribution in [1.29, 1.82) is 0 Å². The Kier molecular flexibility index (Phi) is 5.32. The number of aliphatic hydroxyl groups is 1. The predicted octanol–water partition coefficient (Wildman–Crippen LogP) is 1.57. The second-order valence-electron chi connectivity index (χ2n) is 3.65. The van der Waals surface area contributed by atoms with E-state index in [0.717, 1.165) is 4.83 Å². The molecule has 0 radical (unpaired) electrons. The van der Waals surface area contributed by atoms with Gasteiger partial charge in [0.25, 0.3) is 0 Å². The highest BCUT2D eigenvalue weighted by Gasteiger charge is 2.17. The third-order valence-electron chi connectivity index (χ3n) is 1.35. The van der Waals surface area contributed by atoms with Gasteiger partial charge in [0.1, 0.15) is 0 Å². The first-order chi connectivity index (χ1) is 5.87. The van der Waals surface area contributed by atoms with E-state index in [9.17, 15) is 4.79 Å². The van der Waals surface area contributed by atoms with Crippen molar-refractivity contribution in [2.45, 2.75) is 37.1 Å². The molecule has 0 aromatic carbocycles. The van der Waals surface area contributed by atoms with Gasteiger partial charge < -0.3 is 15.5 Å².